The van der Waals surface area contributed by atoms with E-state index < -0.39 is 11.8 Å². The van der Waals surface area contributed by atoms with Gasteiger partial charge in [-0.1, -0.05) is 0 Å². The highest BCUT2D eigenvalue weighted by Gasteiger charge is 2.25. The Morgan fingerprint density at radius 2 is 1.50 bits per heavy atom. The van der Waals surface area contributed by atoms with E-state index in [2.05, 4.69) is 0 Å². The van der Waals surface area contributed by atoms with Crippen LogP contribution in [-0.2, 0) is 9.59 Å². The molecule has 0 aliphatic carbocycles. The maximum atomic E-state index is 12.0. The fraction of sp³-hybridized carbons (Fsp3) is 0.385. The van der Waals surface area contributed by atoms with Crippen molar-refractivity contribution in [2.45, 2.75) is 0 Å². The van der Waals surface area contributed by atoms with Gasteiger partial charge >= 0.3 is 11.8 Å². The zero-order chi connectivity index (χ0) is 15.1. The summed E-state index contributed by atoms with van der Waals surface area (Å²) in [6.45, 7) is -0.618. The standard InChI is InChI=1S/C13H18N2O5/c1-14(10-2-4-11(18)5-3-10)12(19)13(20)15(6-8-16)7-9-17/h2-5,16-18H,6-9H2,1H3. The third-order valence-corrected chi connectivity index (χ3v) is 2.75. The summed E-state index contributed by atoms with van der Waals surface area (Å²) in [7, 11) is 1.43. The summed E-state index contributed by atoms with van der Waals surface area (Å²) in [5.74, 6) is -1.52. The van der Waals surface area contributed by atoms with Crippen molar-refractivity contribution in [1.29, 1.82) is 0 Å². The molecule has 0 atom stereocenters. The Kier molecular flexibility index (Phi) is 5.95. The Balaban J connectivity index is 2.81. The topological polar surface area (TPSA) is 101 Å². The molecule has 1 rings (SSSR count). The van der Waals surface area contributed by atoms with Gasteiger partial charge in [-0.25, -0.2) is 0 Å². The first-order chi connectivity index (χ1) is 9.51. The fourth-order valence-electron chi connectivity index (χ4n) is 1.63. The number of aliphatic hydroxyl groups is 2. The summed E-state index contributed by atoms with van der Waals surface area (Å²) in [4.78, 5) is 26.2. The molecule has 0 spiro atoms. The summed E-state index contributed by atoms with van der Waals surface area (Å²) >= 11 is 0. The van der Waals surface area contributed by atoms with Gasteiger partial charge in [-0.05, 0) is 24.3 Å². The van der Waals surface area contributed by atoms with Crippen LogP contribution in [0.4, 0.5) is 5.69 Å². The number of likely N-dealkylation sites (N-methyl/N-ethyl adjacent to an activating group) is 1. The Morgan fingerprint density at radius 1 is 1.00 bits per heavy atom. The first-order valence-electron chi connectivity index (χ1n) is 6.09. The van der Waals surface area contributed by atoms with E-state index in [4.69, 9.17) is 10.2 Å². The van der Waals surface area contributed by atoms with E-state index in [0.717, 1.165) is 9.80 Å². The molecule has 0 saturated carbocycles. The van der Waals surface area contributed by atoms with E-state index in [0.29, 0.717) is 5.69 Å². The number of benzene rings is 1. The van der Waals surface area contributed by atoms with Crippen molar-refractivity contribution in [3.8, 4) is 5.75 Å². The average Bonchev–Trinajstić information content (AvgIpc) is 2.45. The van der Waals surface area contributed by atoms with Gasteiger partial charge < -0.3 is 25.1 Å². The number of rotatable bonds is 5. The Hall–Kier alpha value is -2.12. The van der Waals surface area contributed by atoms with Crippen LogP contribution in [0.3, 0.4) is 0 Å². The zero-order valence-electron chi connectivity index (χ0n) is 11.2. The number of anilines is 1. The molecule has 0 aliphatic heterocycles. The van der Waals surface area contributed by atoms with Crippen LogP contribution < -0.4 is 4.90 Å². The lowest BCUT2D eigenvalue weighted by Crippen LogP contribution is -2.46. The molecule has 1 aromatic rings. The smallest absolute Gasteiger partial charge is 0.316 e. The van der Waals surface area contributed by atoms with E-state index in [9.17, 15) is 14.7 Å². The van der Waals surface area contributed by atoms with Gasteiger partial charge in [0.25, 0.3) is 0 Å². The van der Waals surface area contributed by atoms with Crippen LogP contribution in [0, 0.1) is 0 Å². The molecule has 0 radical (unpaired) electrons. The second kappa shape index (κ2) is 7.46. The zero-order valence-corrected chi connectivity index (χ0v) is 11.2. The van der Waals surface area contributed by atoms with Gasteiger partial charge in [0.05, 0.1) is 13.2 Å². The molecular formula is C13H18N2O5. The lowest BCUT2D eigenvalue weighted by molar-refractivity contribution is -0.144. The molecular weight excluding hydrogens is 264 g/mol. The number of nitrogens with zero attached hydrogens (tertiary/aromatic N) is 2. The number of amides is 2. The number of phenolic OH excluding ortho intramolecular Hbond substituents is 1. The average molecular weight is 282 g/mol. The van der Waals surface area contributed by atoms with E-state index in [1.54, 1.807) is 0 Å². The monoisotopic (exact) mass is 282 g/mol. The largest absolute Gasteiger partial charge is 0.508 e. The van der Waals surface area contributed by atoms with Crippen molar-refractivity contribution in [3.05, 3.63) is 24.3 Å². The summed E-state index contributed by atoms with van der Waals surface area (Å²) in [5, 5.41) is 26.9. The van der Waals surface area contributed by atoms with E-state index in [1.807, 2.05) is 0 Å². The SMILES string of the molecule is CN(C(=O)C(=O)N(CCO)CCO)c1ccc(O)cc1. The molecule has 20 heavy (non-hydrogen) atoms. The summed E-state index contributed by atoms with van der Waals surface area (Å²) in [6, 6.07) is 5.82. The molecule has 7 heteroatoms. The Morgan fingerprint density at radius 3 is 1.95 bits per heavy atom. The molecule has 2 amide bonds. The van der Waals surface area contributed by atoms with Crippen LogP contribution in [0.2, 0.25) is 0 Å². The summed E-state index contributed by atoms with van der Waals surface area (Å²) in [5.41, 5.74) is 0.453. The molecule has 0 bridgehead atoms. The molecule has 3 N–H and O–H groups in total. The Labute approximate surface area is 116 Å². The Bertz CT molecular complexity index is 454. The fourth-order valence-corrected chi connectivity index (χ4v) is 1.63. The van der Waals surface area contributed by atoms with E-state index >= 15 is 0 Å². The normalized spacial score (nSPS) is 10.2. The van der Waals surface area contributed by atoms with Gasteiger partial charge in [-0.15, -0.1) is 0 Å². The highest BCUT2D eigenvalue weighted by Crippen LogP contribution is 2.17. The first kappa shape index (κ1) is 15.9. The van der Waals surface area contributed by atoms with Gasteiger partial charge in [0.2, 0.25) is 0 Å². The highest BCUT2D eigenvalue weighted by atomic mass is 16.3. The van der Waals surface area contributed by atoms with Crippen LogP contribution in [0.1, 0.15) is 0 Å². The van der Waals surface area contributed by atoms with Crippen LogP contribution in [0.25, 0.3) is 0 Å². The minimum absolute atomic E-state index is 0.0193. The first-order valence-corrected chi connectivity index (χ1v) is 6.09. The molecule has 1 aromatic carbocycles. The third-order valence-electron chi connectivity index (χ3n) is 2.75. The summed E-state index contributed by atoms with van der Waals surface area (Å²) in [6.07, 6.45) is 0. The molecule has 0 fully saturated rings. The number of aliphatic hydroxyl groups excluding tert-OH is 2. The molecule has 0 heterocycles. The van der Waals surface area contributed by atoms with Gasteiger partial charge in [0.1, 0.15) is 5.75 Å². The van der Waals surface area contributed by atoms with Crippen LogP contribution in [0.5, 0.6) is 5.75 Å². The lowest BCUT2D eigenvalue weighted by Gasteiger charge is -2.23. The molecule has 0 aromatic heterocycles. The molecule has 0 saturated heterocycles. The van der Waals surface area contributed by atoms with Gasteiger partial charge in [0.15, 0.2) is 0 Å². The number of aromatic hydroxyl groups is 1. The van der Waals surface area contributed by atoms with Gasteiger partial charge in [-0.3, -0.25) is 9.59 Å². The van der Waals surface area contributed by atoms with Gasteiger partial charge in [-0.2, -0.15) is 0 Å². The van der Waals surface area contributed by atoms with Crippen molar-refractivity contribution in [1.82, 2.24) is 4.90 Å². The predicted octanol–water partition coefficient (Wildman–Crippen LogP) is -0.832. The van der Waals surface area contributed by atoms with Crippen LogP contribution in [-0.4, -0.2) is 65.4 Å². The number of hydrogen-bond donors (Lipinski definition) is 3. The van der Waals surface area contributed by atoms with Crippen molar-refractivity contribution < 1.29 is 24.9 Å². The van der Waals surface area contributed by atoms with Crippen LogP contribution >= 0.6 is 0 Å². The second-order valence-electron chi connectivity index (χ2n) is 4.12. The summed E-state index contributed by atoms with van der Waals surface area (Å²) < 4.78 is 0. The number of phenols is 1. The minimum Gasteiger partial charge on any atom is -0.508 e. The minimum atomic E-state index is -0.802. The molecule has 0 unspecified atom stereocenters. The molecule has 110 valence electrons. The van der Waals surface area contributed by atoms with Crippen molar-refractivity contribution in [2.75, 3.05) is 38.3 Å². The number of carbonyl (C=O) groups is 2. The highest BCUT2D eigenvalue weighted by molar-refractivity contribution is 6.40. The van der Waals surface area contributed by atoms with Gasteiger partial charge in [0, 0.05) is 25.8 Å². The quantitative estimate of drug-likeness (QED) is 0.612. The maximum absolute atomic E-state index is 12.0. The van der Waals surface area contributed by atoms with Crippen molar-refractivity contribution >= 4 is 17.5 Å². The number of carbonyl (C=O) groups excluding carboxylic acids is 2. The van der Waals surface area contributed by atoms with Crippen LogP contribution in [0.15, 0.2) is 24.3 Å². The van der Waals surface area contributed by atoms with Crippen molar-refractivity contribution in [3.63, 3.8) is 0 Å². The van der Waals surface area contributed by atoms with E-state index in [-0.39, 0.29) is 32.1 Å². The predicted molar refractivity (Wildman–Crippen MR) is 72.3 cm³/mol. The number of hydrogen-bond acceptors (Lipinski definition) is 5. The maximum Gasteiger partial charge on any atom is 0.316 e. The lowest BCUT2D eigenvalue weighted by atomic mass is 10.2. The second-order valence-corrected chi connectivity index (χ2v) is 4.12. The molecule has 7 nitrogen and oxygen atoms in total. The molecule has 0 aliphatic rings. The van der Waals surface area contributed by atoms with Crippen molar-refractivity contribution in [2.24, 2.45) is 0 Å². The van der Waals surface area contributed by atoms with E-state index in [1.165, 1.54) is 31.3 Å². The third kappa shape index (κ3) is 3.94.